The molecule has 1 aliphatic heterocycles. The van der Waals surface area contributed by atoms with Crippen LogP contribution >= 0.6 is 0 Å². The zero-order valence-electron chi connectivity index (χ0n) is 11.7. The lowest BCUT2D eigenvalue weighted by Gasteiger charge is -2.47. The Labute approximate surface area is 112 Å². The molecule has 1 amide bonds. The summed E-state index contributed by atoms with van der Waals surface area (Å²) in [6.45, 7) is 8.84. The fourth-order valence-corrected chi connectivity index (χ4v) is 2.62. The van der Waals surface area contributed by atoms with Crippen LogP contribution in [0.5, 0.6) is 0 Å². The van der Waals surface area contributed by atoms with E-state index in [-0.39, 0.29) is 5.91 Å². The topological polar surface area (TPSA) is 42.4 Å². The first-order chi connectivity index (χ1) is 8.69. The van der Waals surface area contributed by atoms with Crippen LogP contribution in [-0.4, -0.2) is 40.1 Å². The molecule has 19 heavy (non-hydrogen) atoms. The smallest absolute Gasteiger partial charge is 0.255 e. The minimum atomic E-state index is -0.584. The molecule has 0 spiro atoms. The molecular formula is C14H19FN2O2. The van der Waals surface area contributed by atoms with Crippen molar-refractivity contribution in [3.8, 4) is 0 Å². The predicted molar refractivity (Wildman–Crippen MR) is 69.3 cm³/mol. The van der Waals surface area contributed by atoms with Gasteiger partial charge in [-0.1, -0.05) is 0 Å². The molecule has 5 heteroatoms. The van der Waals surface area contributed by atoms with Crippen LogP contribution < -0.4 is 0 Å². The Morgan fingerprint density at radius 2 is 1.84 bits per heavy atom. The Morgan fingerprint density at radius 3 is 2.32 bits per heavy atom. The Kier molecular flexibility index (Phi) is 3.34. The Hall–Kier alpha value is -1.49. The zero-order chi connectivity index (χ0) is 14.3. The van der Waals surface area contributed by atoms with Crippen molar-refractivity contribution in [1.29, 1.82) is 0 Å². The van der Waals surface area contributed by atoms with Gasteiger partial charge in [-0.15, -0.1) is 0 Å². The largest absolute Gasteiger partial charge is 0.366 e. The number of amides is 1. The number of aromatic nitrogens is 1. The molecule has 0 atom stereocenters. The molecule has 0 unspecified atom stereocenters. The highest BCUT2D eigenvalue weighted by Gasteiger charge is 2.40. The lowest BCUT2D eigenvalue weighted by atomic mass is 9.98. The molecule has 2 rings (SSSR count). The zero-order valence-corrected chi connectivity index (χ0v) is 11.7. The lowest BCUT2D eigenvalue weighted by molar-refractivity contribution is -0.171. The summed E-state index contributed by atoms with van der Waals surface area (Å²) in [6.07, 6.45) is 1.27. The summed E-state index contributed by atoms with van der Waals surface area (Å²) < 4.78 is 18.7. The summed E-state index contributed by atoms with van der Waals surface area (Å²) in [5.74, 6) is -0.726. The van der Waals surface area contributed by atoms with E-state index < -0.39 is 17.1 Å². The number of halogens is 1. The van der Waals surface area contributed by atoms with Gasteiger partial charge in [-0.2, -0.15) is 4.39 Å². The fraction of sp³-hybridized carbons (Fsp3) is 0.571. The highest BCUT2D eigenvalue weighted by Crippen LogP contribution is 2.28. The standard InChI is InChI=1S/C14H19FN2O2/c1-13(2)8-17(9-14(3,4)19-13)12(18)10-5-6-11(15)16-7-10/h5-7H,8-9H2,1-4H3. The molecular weight excluding hydrogens is 247 g/mol. The number of morpholine rings is 1. The number of carbonyl (C=O) groups excluding carboxylic acids is 1. The summed E-state index contributed by atoms with van der Waals surface area (Å²) >= 11 is 0. The summed E-state index contributed by atoms with van der Waals surface area (Å²) in [7, 11) is 0. The van der Waals surface area contributed by atoms with Crippen molar-refractivity contribution in [2.75, 3.05) is 13.1 Å². The molecule has 0 N–H and O–H groups in total. The van der Waals surface area contributed by atoms with Crippen LogP contribution in [0.4, 0.5) is 4.39 Å². The summed E-state index contributed by atoms with van der Waals surface area (Å²) in [4.78, 5) is 17.7. The Balaban J connectivity index is 2.21. The number of hydrogen-bond donors (Lipinski definition) is 0. The van der Waals surface area contributed by atoms with Crippen molar-refractivity contribution in [1.82, 2.24) is 9.88 Å². The highest BCUT2D eigenvalue weighted by molar-refractivity contribution is 5.94. The van der Waals surface area contributed by atoms with Gasteiger partial charge in [0.05, 0.1) is 16.8 Å². The minimum absolute atomic E-state index is 0.142. The molecule has 0 saturated carbocycles. The third-order valence-electron chi connectivity index (χ3n) is 2.96. The number of nitrogens with zero attached hydrogens (tertiary/aromatic N) is 2. The van der Waals surface area contributed by atoms with Gasteiger partial charge >= 0.3 is 0 Å². The SMILES string of the molecule is CC1(C)CN(C(=O)c2ccc(F)nc2)CC(C)(C)O1. The molecule has 0 aliphatic carbocycles. The average molecular weight is 266 g/mol. The summed E-state index contributed by atoms with van der Waals surface area (Å²) in [6, 6.07) is 2.66. The van der Waals surface area contributed by atoms with Gasteiger partial charge in [0.25, 0.3) is 5.91 Å². The van der Waals surface area contributed by atoms with Crippen molar-refractivity contribution in [3.05, 3.63) is 29.8 Å². The van der Waals surface area contributed by atoms with Gasteiger partial charge < -0.3 is 9.64 Å². The van der Waals surface area contributed by atoms with E-state index >= 15 is 0 Å². The second-order valence-electron chi connectivity index (χ2n) is 6.15. The molecule has 104 valence electrons. The van der Waals surface area contributed by atoms with Crippen LogP contribution in [0.1, 0.15) is 38.1 Å². The molecule has 4 nitrogen and oxygen atoms in total. The molecule has 1 aliphatic rings. The van der Waals surface area contributed by atoms with E-state index in [9.17, 15) is 9.18 Å². The maximum atomic E-state index is 12.8. The first-order valence-corrected chi connectivity index (χ1v) is 6.30. The molecule has 0 aromatic carbocycles. The van der Waals surface area contributed by atoms with Gasteiger partial charge in [0.1, 0.15) is 0 Å². The van der Waals surface area contributed by atoms with Gasteiger partial charge in [0.15, 0.2) is 0 Å². The maximum absolute atomic E-state index is 12.8. The van der Waals surface area contributed by atoms with Gasteiger partial charge in [0.2, 0.25) is 5.95 Å². The molecule has 1 aromatic heterocycles. The van der Waals surface area contributed by atoms with Gasteiger partial charge in [-0.25, -0.2) is 4.98 Å². The van der Waals surface area contributed by atoms with Crippen molar-refractivity contribution in [2.45, 2.75) is 38.9 Å². The first kappa shape index (κ1) is 13.9. The van der Waals surface area contributed by atoms with Crippen LogP contribution in [0.25, 0.3) is 0 Å². The van der Waals surface area contributed by atoms with E-state index in [2.05, 4.69) is 4.98 Å². The second kappa shape index (κ2) is 4.56. The van der Waals surface area contributed by atoms with Gasteiger partial charge in [-0.05, 0) is 39.8 Å². The third-order valence-corrected chi connectivity index (χ3v) is 2.96. The molecule has 0 radical (unpaired) electrons. The number of hydrogen-bond acceptors (Lipinski definition) is 3. The van der Waals surface area contributed by atoms with E-state index in [4.69, 9.17) is 4.74 Å². The second-order valence-corrected chi connectivity index (χ2v) is 6.15. The third kappa shape index (κ3) is 3.29. The van der Waals surface area contributed by atoms with Crippen LogP contribution in [0.15, 0.2) is 18.3 Å². The number of rotatable bonds is 1. The Bertz CT molecular complexity index is 467. The van der Waals surface area contributed by atoms with E-state index in [0.29, 0.717) is 18.7 Å². The monoisotopic (exact) mass is 266 g/mol. The van der Waals surface area contributed by atoms with E-state index in [0.717, 1.165) is 0 Å². The normalized spacial score (nSPS) is 21.2. The van der Waals surface area contributed by atoms with E-state index in [1.165, 1.54) is 18.3 Å². The highest BCUT2D eigenvalue weighted by atomic mass is 19.1. The molecule has 0 bridgehead atoms. The molecule has 1 aromatic rings. The number of ether oxygens (including phenoxy) is 1. The van der Waals surface area contributed by atoms with Crippen LogP contribution in [0.2, 0.25) is 0 Å². The fourth-order valence-electron chi connectivity index (χ4n) is 2.62. The van der Waals surface area contributed by atoms with E-state index in [1.807, 2.05) is 27.7 Å². The predicted octanol–water partition coefficient (Wildman–Crippen LogP) is 2.25. The number of carbonyl (C=O) groups is 1. The van der Waals surface area contributed by atoms with Crippen molar-refractivity contribution < 1.29 is 13.9 Å². The lowest BCUT2D eigenvalue weighted by Crippen LogP contribution is -2.58. The van der Waals surface area contributed by atoms with Gasteiger partial charge in [0, 0.05) is 19.3 Å². The quantitative estimate of drug-likeness (QED) is 0.732. The average Bonchev–Trinajstić information content (AvgIpc) is 2.25. The van der Waals surface area contributed by atoms with E-state index in [1.54, 1.807) is 4.90 Å². The van der Waals surface area contributed by atoms with Crippen molar-refractivity contribution >= 4 is 5.91 Å². The van der Waals surface area contributed by atoms with Gasteiger partial charge in [-0.3, -0.25) is 4.79 Å². The Morgan fingerprint density at radius 1 is 1.26 bits per heavy atom. The minimum Gasteiger partial charge on any atom is -0.366 e. The van der Waals surface area contributed by atoms with Crippen LogP contribution in [-0.2, 0) is 4.74 Å². The summed E-state index contributed by atoms with van der Waals surface area (Å²) in [5.41, 5.74) is -0.398. The van der Waals surface area contributed by atoms with Crippen molar-refractivity contribution in [2.24, 2.45) is 0 Å². The molecule has 2 heterocycles. The first-order valence-electron chi connectivity index (χ1n) is 6.30. The number of pyridine rings is 1. The summed E-state index contributed by atoms with van der Waals surface area (Å²) in [5, 5.41) is 0. The molecule has 1 saturated heterocycles. The maximum Gasteiger partial charge on any atom is 0.255 e. The van der Waals surface area contributed by atoms with Crippen molar-refractivity contribution in [3.63, 3.8) is 0 Å². The molecule has 1 fully saturated rings. The van der Waals surface area contributed by atoms with Crippen LogP contribution in [0.3, 0.4) is 0 Å². The van der Waals surface area contributed by atoms with Crippen LogP contribution in [0, 0.1) is 5.95 Å².